The average Bonchev–Trinajstić information content (AvgIpc) is 3.01. The Balaban J connectivity index is 0.000000182. The standard InChI is InChI=1S/C18H26F2O4.C11H15ClO.C7H12F2O3/c1-10(2)14(18(19,20)16(22)23-3)24-15(21)17-7-11-4-12(8-17)6-13(5-11)9-17;12-10(13)11-4-7-1-8(5-11)3-9(2-7)6-11;1-4(2)5(10)7(8,9)6(11)12-3/h10-14H,4-9H2,1-3H3;7-9H,1-6H2;4-5,10H,1-3H3. The Bertz CT molecular complexity index is 1170. The Hall–Kier alpha value is -1.95. The van der Waals surface area contributed by atoms with Gasteiger partial charge in [-0.25, -0.2) is 9.59 Å². The summed E-state index contributed by atoms with van der Waals surface area (Å²) in [5.41, 5.74) is -0.690. The first kappa shape index (κ1) is 39.8. The second kappa shape index (κ2) is 15.0. The van der Waals surface area contributed by atoms with Crippen LogP contribution in [-0.2, 0) is 33.4 Å². The van der Waals surface area contributed by atoms with E-state index in [0.717, 1.165) is 89.8 Å². The fourth-order valence-corrected chi connectivity index (χ4v) is 10.7. The van der Waals surface area contributed by atoms with Crippen molar-refractivity contribution >= 4 is 34.8 Å². The molecule has 280 valence electrons. The molecular weight excluding hydrogens is 672 g/mol. The lowest BCUT2D eigenvalue weighted by Crippen LogP contribution is -2.54. The second-order valence-corrected chi connectivity index (χ2v) is 17.0. The number of aliphatic hydroxyl groups is 1. The summed E-state index contributed by atoms with van der Waals surface area (Å²) >= 11 is 5.76. The molecule has 0 radical (unpaired) electrons. The molecule has 8 saturated carbocycles. The van der Waals surface area contributed by atoms with Gasteiger partial charge in [0, 0.05) is 5.41 Å². The van der Waals surface area contributed by atoms with E-state index in [4.69, 9.17) is 21.4 Å². The van der Waals surface area contributed by atoms with E-state index in [1.54, 1.807) is 0 Å². The van der Waals surface area contributed by atoms with Gasteiger partial charge in [-0.05, 0) is 136 Å². The van der Waals surface area contributed by atoms with Gasteiger partial charge >= 0.3 is 29.8 Å². The van der Waals surface area contributed by atoms with E-state index in [0.29, 0.717) is 17.8 Å². The van der Waals surface area contributed by atoms with Crippen LogP contribution in [0.4, 0.5) is 17.6 Å². The zero-order valence-corrected chi connectivity index (χ0v) is 30.2. The molecular formula is C36H53ClF4O8. The van der Waals surface area contributed by atoms with Crippen molar-refractivity contribution in [1.29, 1.82) is 0 Å². The molecule has 0 saturated heterocycles. The lowest BCUT2D eigenvalue weighted by molar-refractivity contribution is -0.212. The molecule has 0 heterocycles. The summed E-state index contributed by atoms with van der Waals surface area (Å²) in [6, 6.07) is 0. The number of hydrogen-bond donors (Lipinski definition) is 1. The van der Waals surface area contributed by atoms with Gasteiger partial charge in [-0.1, -0.05) is 27.7 Å². The largest absolute Gasteiger partial charge is 0.465 e. The molecule has 8 aliphatic rings. The third kappa shape index (κ3) is 8.25. The van der Waals surface area contributed by atoms with E-state index in [2.05, 4.69) is 9.47 Å². The van der Waals surface area contributed by atoms with Gasteiger partial charge in [0.05, 0.1) is 19.6 Å². The number of hydrogen-bond acceptors (Lipinski definition) is 8. The zero-order valence-electron chi connectivity index (χ0n) is 29.5. The minimum Gasteiger partial charge on any atom is -0.465 e. The number of ether oxygens (including phenoxy) is 3. The van der Waals surface area contributed by atoms with Crippen LogP contribution in [0.25, 0.3) is 0 Å². The summed E-state index contributed by atoms with van der Waals surface area (Å²) in [7, 11) is 1.76. The number of methoxy groups -OCH3 is 2. The Morgan fingerprint density at radius 2 is 0.959 bits per heavy atom. The normalized spacial score (nSPS) is 35.1. The van der Waals surface area contributed by atoms with Crippen LogP contribution in [0, 0.1) is 58.2 Å². The summed E-state index contributed by atoms with van der Waals surface area (Å²) < 4.78 is 67.4. The number of alkyl halides is 4. The predicted octanol–water partition coefficient (Wildman–Crippen LogP) is 7.36. The maximum atomic E-state index is 14.3. The van der Waals surface area contributed by atoms with E-state index < -0.39 is 59.2 Å². The monoisotopic (exact) mass is 724 g/mol. The molecule has 0 aromatic heterocycles. The van der Waals surface area contributed by atoms with Gasteiger partial charge in [0.25, 0.3) is 0 Å². The van der Waals surface area contributed by atoms with Crippen molar-refractivity contribution in [3.63, 3.8) is 0 Å². The number of carbonyl (C=O) groups excluding carboxylic acids is 4. The van der Waals surface area contributed by atoms with Gasteiger partial charge in [0.1, 0.15) is 6.10 Å². The summed E-state index contributed by atoms with van der Waals surface area (Å²) in [4.78, 5) is 46.2. The minimum atomic E-state index is -3.83. The van der Waals surface area contributed by atoms with Gasteiger partial charge in [-0.2, -0.15) is 17.6 Å². The van der Waals surface area contributed by atoms with Crippen LogP contribution in [0.5, 0.6) is 0 Å². The Morgan fingerprint density at radius 1 is 0.633 bits per heavy atom. The number of rotatable bonds is 9. The van der Waals surface area contributed by atoms with E-state index in [9.17, 15) is 36.7 Å². The van der Waals surface area contributed by atoms with Crippen molar-refractivity contribution in [2.45, 2.75) is 129 Å². The fourth-order valence-electron chi connectivity index (χ4n) is 10.5. The van der Waals surface area contributed by atoms with Crippen molar-refractivity contribution in [3.8, 4) is 0 Å². The number of halogens is 5. The van der Waals surface area contributed by atoms with E-state index in [1.807, 2.05) is 0 Å². The van der Waals surface area contributed by atoms with E-state index in [1.165, 1.54) is 47.0 Å². The third-order valence-electron chi connectivity index (χ3n) is 12.0. The molecule has 1 N–H and O–H groups in total. The quantitative estimate of drug-likeness (QED) is 0.114. The SMILES string of the molecule is COC(=O)C(F)(F)C(O)C(C)C.COC(=O)C(F)(F)C(OC(=O)C12CC3CC(CC(C3)C1)C2)C(C)C.O=C(Cl)C12CC3CC(CC(C3)C1)C2. The molecule has 8 bridgehead atoms. The second-order valence-electron chi connectivity index (χ2n) is 16.7. The molecule has 0 spiro atoms. The number of carbonyl (C=O) groups is 4. The highest BCUT2D eigenvalue weighted by atomic mass is 35.5. The molecule has 13 heteroatoms. The van der Waals surface area contributed by atoms with Crippen LogP contribution in [0.15, 0.2) is 0 Å². The average molecular weight is 725 g/mol. The van der Waals surface area contributed by atoms with Crippen molar-refractivity contribution in [1.82, 2.24) is 0 Å². The van der Waals surface area contributed by atoms with Gasteiger partial charge in [-0.15, -0.1) is 0 Å². The molecule has 8 aliphatic carbocycles. The van der Waals surface area contributed by atoms with Crippen LogP contribution in [0.3, 0.4) is 0 Å². The van der Waals surface area contributed by atoms with Crippen LogP contribution >= 0.6 is 11.6 Å². The summed E-state index contributed by atoms with van der Waals surface area (Å²) in [5.74, 6) is -8.89. The highest BCUT2D eigenvalue weighted by molar-refractivity contribution is 6.64. The molecule has 2 atom stereocenters. The lowest BCUT2D eigenvalue weighted by atomic mass is 9.49. The van der Waals surface area contributed by atoms with Crippen LogP contribution in [0.2, 0.25) is 0 Å². The topological polar surface area (TPSA) is 116 Å². The maximum absolute atomic E-state index is 14.3. The van der Waals surface area contributed by atoms with Gasteiger partial charge in [0.2, 0.25) is 5.24 Å². The first-order chi connectivity index (χ1) is 22.7. The first-order valence-electron chi connectivity index (χ1n) is 17.7. The highest BCUT2D eigenvalue weighted by Gasteiger charge is 2.59. The molecule has 2 unspecified atom stereocenters. The van der Waals surface area contributed by atoms with Crippen molar-refractivity contribution in [2.75, 3.05) is 14.2 Å². The molecule has 0 amide bonds. The highest BCUT2D eigenvalue weighted by Crippen LogP contribution is 2.62. The molecule has 8 rings (SSSR count). The summed E-state index contributed by atoms with van der Waals surface area (Å²) in [6.45, 7) is 5.83. The van der Waals surface area contributed by atoms with Gasteiger partial charge in [-0.3, -0.25) is 9.59 Å². The van der Waals surface area contributed by atoms with Gasteiger partial charge in [0.15, 0.2) is 6.10 Å². The van der Waals surface area contributed by atoms with Crippen LogP contribution in [0.1, 0.15) is 105 Å². The van der Waals surface area contributed by atoms with Crippen LogP contribution in [-0.4, -0.2) is 66.5 Å². The number of esters is 3. The predicted molar refractivity (Wildman–Crippen MR) is 172 cm³/mol. The third-order valence-corrected chi connectivity index (χ3v) is 12.4. The number of aliphatic hydroxyl groups excluding tert-OH is 1. The van der Waals surface area contributed by atoms with E-state index >= 15 is 0 Å². The summed E-state index contributed by atoms with van der Waals surface area (Å²) in [6.07, 6.45) is 9.33. The first-order valence-corrected chi connectivity index (χ1v) is 18.1. The van der Waals surface area contributed by atoms with Crippen molar-refractivity contribution in [3.05, 3.63) is 0 Å². The minimum absolute atomic E-state index is 0.0356. The fraction of sp³-hybridized carbons (Fsp3) is 0.889. The smallest absolute Gasteiger partial charge is 0.380 e. The molecule has 49 heavy (non-hydrogen) atoms. The summed E-state index contributed by atoms with van der Waals surface area (Å²) in [5, 5.41) is 8.87. The zero-order chi connectivity index (χ0) is 36.7. The lowest BCUT2D eigenvalue weighted by Gasteiger charge is -2.55. The van der Waals surface area contributed by atoms with Gasteiger partial charge < -0.3 is 19.3 Å². The Morgan fingerprint density at radius 3 is 1.24 bits per heavy atom. The Labute approximate surface area is 291 Å². The maximum Gasteiger partial charge on any atom is 0.380 e. The van der Waals surface area contributed by atoms with Crippen LogP contribution < -0.4 is 0 Å². The van der Waals surface area contributed by atoms with Crippen molar-refractivity contribution < 1.29 is 56.1 Å². The van der Waals surface area contributed by atoms with E-state index in [-0.39, 0.29) is 10.7 Å². The van der Waals surface area contributed by atoms with Crippen molar-refractivity contribution in [2.24, 2.45) is 58.2 Å². The molecule has 0 aromatic rings. The molecule has 0 aromatic carbocycles. The Kier molecular flexibility index (Phi) is 12.2. The molecule has 8 fully saturated rings. The molecule has 0 aliphatic heterocycles. The molecule has 8 nitrogen and oxygen atoms in total.